The molecule has 502 valence electrons. The van der Waals surface area contributed by atoms with Crippen LogP contribution in [0, 0.1) is 5.92 Å². The Kier molecular flexibility index (Phi) is 21.0. The van der Waals surface area contributed by atoms with Gasteiger partial charge in [0.15, 0.2) is 24.6 Å². The smallest absolute Gasteiger partial charge is 0.410 e. The molecule has 0 spiro atoms. The van der Waals surface area contributed by atoms with E-state index in [2.05, 4.69) is 26.2 Å². The van der Waals surface area contributed by atoms with Gasteiger partial charge in [-0.15, -0.1) is 0 Å². The van der Waals surface area contributed by atoms with Gasteiger partial charge in [0, 0.05) is 113 Å². The van der Waals surface area contributed by atoms with Gasteiger partial charge >= 0.3 is 12.1 Å². The van der Waals surface area contributed by atoms with Crippen molar-refractivity contribution >= 4 is 58.9 Å². The molecule has 5 heterocycles. The monoisotopic (exact) mass is 1300 g/mol. The van der Waals surface area contributed by atoms with Crippen LogP contribution < -0.4 is 31.7 Å². The Morgan fingerprint density at radius 2 is 1.58 bits per heavy atom. The number of aromatic hydroxyl groups is 2. The number of ketones is 2. The molecule has 0 bridgehead atoms. The number of anilines is 1. The fourth-order valence-corrected chi connectivity index (χ4v) is 13.3. The number of fused-ring (bicyclic) bond motifs is 6. The molecule has 10 N–H and O–H groups in total. The zero-order chi connectivity index (χ0) is 66.6. The zero-order valence-electron chi connectivity index (χ0n) is 52.5. The summed E-state index contributed by atoms with van der Waals surface area (Å²) in [6.45, 7) is 6.30. The number of amides is 8. The predicted molar refractivity (Wildman–Crippen MR) is 326 cm³/mol. The van der Waals surface area contributed by atoms with E-state index in [1.54, 1.807) is 38.1 Å². The van der Waals surface area contributed by atoms with E-state index in [4.69, 9.17) is 38.9 Å². The number of rotatable bonds is 23. The van der Waals surface area contributed by atoms with Crippen LogP contribution in [0.3, 0.4) is 0 Å². The van der Waals surface area contributed by atoms with E-state index in [-0.39, 0.29) is 117 Å². The van der Waals surface area contributed by atoms with Crippen molar-refractivity contribution < 1.29 is 96.7 Å². The first-order valence-corrected chi connectivity index (χ1v) is 31.4. The maximum atomic E-state index is 14.8. The van der Waals surface area contributed by atoms with Gasteiger partial charge in [-0.1, -0.05) is 44.5 Å². The number of benzene rings is 3. The third kappa shape index (κ3) is 14.4. The lowest BCUT2D eigenvalue weighted by Gasteiger charge is -2.45. The number of phenols is 2. The summed E-state index contributed by atoms with van der Waals surface area (Å²) in [5.41, 5.74) is 2.31. The maximum Gasteiger partial charge on any atom is 0.410 e. The zero-order valence-corrected chi connectivity index (χ0v) is 52.5. The van der Waals surface area contributed by atoms with Crippen molar-refractivity contribution in [2.24, 2.45) is 11.7 Å². The van der Waals surface area contributed by atoms with Crippen molar-refractivity contribution in [2.75, 3.05) is 72.0 Å². The van der Waals surface area contributed by atoms with Crippen LogP contribution in [0.15, 0.2) is 54.6 Å². The summed E-state index contributed by atoms with van der Waals surface area (Å²) >= 11 is 0. The van der Waals surface area contributed by atoms with E-state index in [0.717, 1.165) is 0 Å². The first kappa shape index (κ1) is 67.6. The summed E-state index contributed by atoms with van der Waals surface area (Å²) in [7, 11) is 2.85. The van der Waals surface area contributed by atoms with Crippen molar-refractivity contribution in [1.29, 1.82) is 0 Å². The van der Waals surface area contributed by atoms with Gasteiger partial charge in [-0.25, -0.2) is 9.59 Å². The highest BCUT2D eigenvalue weighted by Crippen LogP contribution is 2.53. The second-order valence-corrected chi connectivity index (χ2v) is 24.6. The van der Waals surface area contributed by atoms with Crippen molar-refractivity contribution in [3.8, 4) is 17.2 Å². The third-order valence-corrected chi connectivity index (χ3v) is 18.2. The van der Waals surface area contributed by atoms with E-state index < -0.39 is 138 Å². The lowest BCUT2D eigenvalue weighted by molar-refractivity contribution is -0.256. The van der Waals surface area contributed by atoms with Crippen LogP contribution in [-0.2, 0) is 65.4 Å². The second kappa shape index (κ2) is 28.9. The number of nitrogens with one attached hydrogen (secondary N) is 4. The Balaban J connectivity index is 0.758. The fraction of sp³-hybridized carbons (Fsp3) is 0.547. The highest BCUT2D eigenvalue weighted by atomic mass is 16.7. The number of nitrogens with zero attached hydrogens (tertiary/aromatic N) is 4. The number of urea groups is 1. The molecule has 2 aliphatic carbocycles. The van der Waals surface area contributed by atoms with Gasteiger partial charge in [0.25, 0.3) is 5.91 Å². The number of aliphatic hydroxyl groups is 2. The number of piperazine rings is 1. The van der Waals surface area contributed by atoms with Crippen LogP contribution in [0.1, 0.15) is 127 Å². The SMILES string of the molecule is COc1cccc2c1C(=O)c1c(O)c3c(c(O)c1C2=O)C[C@@](O)(C(=O)N1CCN(C(=O)OCc2ccc(NC(=O)[C@H](CCCNC(N)=O)NC(=O)[C@@H](NC(=O)CCCCCN4C(=O)C=CC4O)C(C)C)cc2)CC1)C[C@@H]3O[C@H]1C[C@H]2[C@H](O[C@@H]3[C@@H](OC)OCCN32)[C@H](C)O1. The highest BCUT2D eigenvalue weighted by Gasteiger charge is 2.56. The van der Waals surface area contributed by atoms with Gasteiger partial charge in [-0.3, -0.25) is 38.5 Å². The number of unbranched alkanes of at least 4 members (excludes halogenated alkanes) is 2. The molecule has 1 unspecified atom stereocenters. The largest absolute Gasteiger partial charge is 0.507 e. The molecule has 8 amide bonds. The van der Waals surface area contributed by atoms with Crippen molar-refractivity contribution in [1.82, 2.24) is 35.6 Å². The van der Waals surface area contributed by atoms with Gasteiger partial charge in [0.05, 0.1) is 42.6 Å². The molecule has 4 fully saturated rings. The number of hydrogen-bond donors (Lipinski definition) is 9. The molecule has 93 heavy (non-hydrogen) atoms. The Labute approximate surface area is 536 Å². The molecule has 10 rings (SSSR count). The van der Waals surface area contributed by atoms with Gasteiger partial charge < -0.3 is 95.3 Å². The maximum absolute atomic E-state index is 14.8. The van der Waals surface area contributed by atoms with Crippen LogP contribution in [0.5, 0.6) is 17.2 Å². The Bertz CT molecular complexity index is 3390. The highest BCUT2D eigenvalue weighted by molar-refractivity contribution is 6.31. The van der Waals surface area contributed by atoms with Crippen molar-refractivity contribution in [3.05, 3.63) is 93.6 Å². The predicted octanol–water partition coefficient (Wildman–Crippen LogP) is 1.92. The van der Waals surface area contributed by atoms with E-state index in [1.807, 2.05) is 6.92 Å². The molecule has 0 saturated carbocycles. The van der Waals surface area contributed by atoms with Crippen LogP contribution in [0.4, 0.5) is 15.3 Å². The Hall–Kier alpha value is -8.29. The molecule has 0 radical (unpaired) electrons. The standard InChI is InChI=1S/C64H81N9O20/c1-33(2)51(69-43(74)14-7-6-8-22-73-44(75)19-20-45(73)76)58(82)68-39(12-10-21-66-62(65)84)57(81)67-36-17-15-35(16-18-36)32-90-63(85)71-25-23-70(24-26-71)61(83)64(86)30-38-48(55(80)50-49(53(38)78)52(77)37-11-9-13-41(87-4)47(37)54(50)79)42(31-64)92-46-29-40-56(34(3)91-46)93-59-60(88-5)89-28-27-72(40)59/h9,11,13,15-20,33-34,39-40,42,44,46,51,56,59-60,75,78,80,86H,6-8,10,12,14,21-32H2,1-5H3,(H,67,81)(H,68,82)(H,69,74)(H3,65,66,84)/t34-,39-,40-,42-,44?,46-,51-,56+,59+,60-,64-/m0/s1. The Morgan fingerprint density at radius 1 is 0.849 bits per heavy atom. The van der Waals surface area contributed by atoms with E-state index in [0.29, 0.717) is 50.2 Å². The minimum absolute atomic E-state index is 0.0120. The minimum Gasteiger partial charge on any atom is -0.507 e. The summed E-state index contributed by atoms with van der Waals surface area (Å²) in [5.74, 6) is -5.91. The number of phenolic OH excluding ortho intramolecular Hbond substituents is 2. The molecular weight excluding hydrogens is 1210 g/mol. The number of aliphatic hydroxyl groups excluding tert-OH is 1. The molecule has 0 aromatic heterocycles. The number of hydrogen-bond acceptors (Lipinski definition) is 21. The van der Waals surface area contributed by atoms with Crippen LogP contribution in [-0.4, -0.2) is 221 Å². The number of methoxy groups -OCH3 is 2. The lowest BCUT2D eigenvalue weighted by Crippen LogP contribution is -2.59. The average Bonchev–Trinajstić information content (AvgIpc) is 1.39. The lowest BCUT2D eigenvalue weighted by atomic mass is 9.72. The van der Waals surface area contributed by atoms with E-state index in [9.17, 15) is 63.6 Å². The first-order chi connectivity index (χ1) is 44.5. The number of primary amides is 1. The van der Waals surface area contributed by atoms with Crippen LogP contribution in [0.25, 0.3) is 0 Å². The van der Waals surface area contributed by atoms with Gasteiger partial charge in [-0.2, -0.15) is 0 Å². The van der Waals surface area contributed by atoms with Gasteiger partial charge in [0.1, 0.15) is 53.9 Å². The third-order valence-electron chi connectivity index (χ3n) is 18.2. The normalized spacial score (nSPS) is 25.5. The van der Waals surface area contributed by atoms with E-state index >= 15 is 0 Å². The summed E-state index contributed by atoms with van der Waals surface area (Å²) in [6, 6.07) is 7.65. The van der Waals surface area contributed by atoms with Gasteiger partial charge in [0.2, 0.25) is 29.4 Å². The van der Waals surface area contributed by atoms with Crippen molar-refractivity contribution in [3.63, 3.8) is 0 Å². The van der Waals surface area contributed by atoms with Crippen LogP contribution in [0.2, 0.25) is 0 Å². The number of nitrogens with two attached hydrogens (primary N) is 1. The second-order valence-electron chi connectivity index (χ2n) is 24.6. The topological polar surface area (TPSA) is 386 Å². The molecule has 5 aliphatic heterocycles. The first-order valence-electron chi connectivity index (χ1n) is 31.4. The minimum atomic E-state index is -2.34. The number of morpholine rings is 1. The van der Waals surface area contributed by atoms with Gasteiger partial charge in [-0.05, 0) is 68.4 Å². The summed E-state index contributed by atoms with van der Waals surface area (Å²) in [5, 5.41) is 57.9. The quantitative estimate of drug-likeness (QED) is 0.0378. The van der Waals surface area contributed by atoms with Crippen LogP contribution >= 0.6 is 0 Å². The number of carbonyl (C=O) groups excluding carboxylic acids is 9. The summed E-state index contributed by atoms with van der Waals surface area (Å²) < 4.78 is 42.0. The summed E-state index contributed by atoms with van der Waals surface area (Å²) in [4.78, 5) is 127. The Morgan fingerprint density at radius 3 is 2.27 bits per heavy atom. The molecule has 3 aromatic carbocycles. The molecule has 4 saturated heterocycles. The number of carbonyl (C=O) groups is 9. The van der Waals surface area contributed by atoms with E-state index in [1.165, 1.54) is 59.3 Å². The fourth-order valence-electron chi connectivity index (χ4n) is 13.3. The molecular formula is C64H81N9O20. The average molecular weight is 1300 g/mol. The number of ether oxygens (including phenoxy) is 7. The molecule has 29 nitrogen and oxygen atoms in total. The van der Waals surface area contributed by atoms with Crippen molar-refractivity contribution in [2.45, 2.75) is 152 Å². The summed E-state index contributed by atoms with van der Waals surface area (Å²) in [6.07, 6.45) is -2.40. The molecule has 11 atom stereocenters. The molecule has 29 heteroatoms. The molecule has 3 aromatic rings. The molecule has 7 aliphatic rings.